The van der Waals surface area contributed by atoms with E-state index >= 15 is 0 Å². The van der Waals surface area contributed by atoms with E-state index in [1.54, 1.807) is 4.68 Å². The third-order valence-corrected chi connectivity index (χ3v) is 6.81. The molecule has 0 bridgehead atoms. The molecule has 4 aromatic rings. The molecule has 0 aliphatic carbocycles. The fourth-order valence-corrected chi connectivity index (χ4v) is 4.79. The normalized spacial score (nSPS) is 14.4. The van der Waals surface area contributed by atoms with Crippen LogP contribution in [0.15, 0.2) is 78.3 Å². The number of nitrogens with zero attached hydrogens (tertiary/aromatic N) is 3. The van der Waals surface area contributed by atoms with Crippen molar-refractivity contribution in [3.05, 3.63) is 106 Å². The van der Waals surface area contributed by atoms with Crippen molar-refractivity contribution in [2.24, 2.45) is 0 Å². The van der Waals surface area contributed by atoms with E-state index in [0.717, 1.165) is 27.9 Å². The first-order valence-electron chi connectivity index (χ1n) is 12.7. The maximum atomic E-state index is 13.8. The summed E-state index contributed by atoms with van der Waals surface area (Å²) < 4.78 is 13.8. The number of rotatable bonds is 8. The number of hydrogen-bond donors (Lipinski definition) is 2. The summed E-state index contributed by atoms with van der Waals surface area (Å²) in [4.78, 5) is 18.1. The van der Waals surface area contributed by atoms with Gasteiger partial charge in [-0.1, -0.05) is 47.5 Å². The Morgan fingerprint density at radius 1 is 1.03 bits per heavy atom. The van der Waals surface area contributed by atoms with Crippen LogP contribution >= 0.6 is 11.6 Å². The van der Waals surface area contributed by atoms with Gasteiger partial charge in [-0.25, -0.2) is 4.68 Å². The Balaban J connectivity index is 1.49. The summed E-state index contributed by atoms with van der Waals surface area (Å²) in [5, 5.41) is 11.4. The van der Waals surface area contributed by atoms with Gasteiger partial charge < -0.3 is 20.1 Å². The Bertz CT molecular complexity index is 1540. The number of nitrogens with one attached hydrogen (secondary N) is 2. The molecule has 1 aromatic heterocycles. The minimum absolute atomic E-state index is 0.223. The van der Waals surface area contributed by atoms with Gasteiger partial charge in [0.05, 0.1) is 12.2 Å². The van der Waals surface area contributed by atoms with Crippen LogP contribution < -0.4 is 20.1 Å². The van der Waals surface area contributed by atoms with Crippen molar-refractivity contribution in [3.8, 4) is 11.5 Å². The van der Waals surface area contributed by atoms with Gasteiger partial charge in [-0.3, -0.25) is 4.79 Å². The number of benzene rings is 3. The highest BCUT2D eigenvalue weighted by molar-refractivity contribution is 6.30. The summed E-state index contributed by atoms with van der Waals surface area (Å²) >= 11 is 6.01. The number of aryl methyl sites for hydroxylation is 2. The Kier molecular flexibility index (Phi) is 7.56. The molecule has 1 atom stereocenters. The average molecular weight is 544 g/mol. The Hall–Kier alpha value is -4.30. The lowest BCUT2D eigenvalue weighted by molar-refractivity contribution is -0.113. The fraction of sp³-hybridized carbons (Fsp3) is 0.233. The molecule has 0 radical (unpaired) electrons. The first-order chi connectivity index (χ1) is 18.8. The molecule has 3 aromatic carbocycles. The van der Waals surface area contributed by atoms with Crippen LogP contribution in [0.2, 0.25) is 5.02 Å². The van der Waals surface area contributed by atoms with Gasteiger partial charge in [0, 0.05) is 16.4 Å². The zero-order valence-corrected chi connectivity index (χ0v) is 23.0. The summed E-state index contributed by atoms with van der Waals surface area (Å²) in [6, 6.07) is 18.6. The molecule has 2 heterocycles. The molecule has 0 saturated heterocycles. The summed E-state index contributed by atoms with van der Waals surface area (Å²) in [6.07, 6.45) is 1.47. The summed E-state index contributed by atoms with van der Waals surface area (Å²) in [5.41, 5.74) is 5.91. The summed E-state index contributed by atoms with van der Waals surface area (Å²) in [7, 11) is 0. The van der Waals surface area contributed by atoms with Crippen LogP contribution in [-0.4, -0.2) is 27.3 Å². The van der Waals surface area contributed by atoms with Gasteiger partial charge in [-0.15, -0.1) is 0 Å². The monoisotopic (exact) mass is 543 g/mol. The number of aromatic nitrogens is 3. The first kappa shape index (κ1) is 26.3. The number of hydrogen-bond acceptors (Lipinski definition) is 6. The van der Waals surface area contributed by atoms with E-state index in [0.29, 0.717) is 47.0 Å². The number of carbonyl (C=O) groups excluding carboxylic acids is 1. The Labute approximate surface area is 232 Å². The molecule has 0 saturated carbocycles. The minimum Gasteiger partial charge on any atom is -0.490 e. The fourth-order valence-electron chi connectivity index (χ4n) is 4.66. The standard InChI is InChI=1S/C30H30ClN5O3/c1-5-38-26-15-22(9-13-25(26)39-16-21-7-10-23(31)11-8-21)28-27(20(4)34-30-32-17-33-36(28)30)29(37)35-24-12-6-18(2)14-19(24)3/h6-15,17,28H,5,16H2,1-4H3,(H,35,37)(H,32,33,34)/t28-/m1/s1. The SMILES string of the molecule is CCOc1cc([C@@H]2C(C(=O)Nc3ccc(C)cc3C)=C(C)Nc3ncnn32)ccc1OCc1ccc(Cl)cc1. The van der Waals surface area contributed by atoms with Crippen molar-refractivity contribution >= 4 is 29.1 Å². The maximum Gasteiger partial charge on any atom is 0.255 e. The van der Waals surface area contributed by atoms with E-state index in [-0.39, 0.29) is 5.91 Å². The molecule has 9 heteroatoms. The molecular formula is C30H30ClN5O3. The van der Waals surface area contributed by atoms with E-state index < -0.39 is 6.04 Å². The molecular weight excluding hydrogens is 514 g/mol. The third-order valence-electron chi connectivity index (χ3n) is 6.56. The topological polar surface area (TPSA) is 90.3 Å². The second-order valence-electron chi connectivity index (χ2n) is 9.42. The van der Waals surface area contributed by atoms with Gasteiger partial charge in [0.1, 0.15) is 19.0 Å². The zero-order valence-electron chi connectivity index (χ0n) is 22.3. The van der Waals surface area contributed by atoms with Crippen molar-refractivity contribution < 1.29 is 14.3 Å². The number of allylic oxidation sites excluding steroid dienone is 1. The lowest BCUT2D eigenvalue weighted by Crippen LogP contribution is -2.31. The van der Waals surface area contributed by atoms with E-state index in [4.69, 9.17) is 21.1 Å². The second-order valence-corrected chi connectivity index (χ2v) is 9.86. The number of halogens is 1. The van der Waals surface area contributed by atoms with Gasteiger partial charge in [0.25, 0.3) is 5.91 Å². The number of amides is 1. The number of carbonyl (C=O) groups is 1. The lowest BCUT2D eigenvalue weighted by atomic mass is 9.94. The summed E-state index contributed by atoms with van der Waals surface area (Å²) in [6.45, 7) is 8.61. The van der Waals surface area contributed by atoms with E-state index in [9.17, 15) is 4.79 Å². The highest BCUT2D eigenvalue weighted by Crippen LogP contribution is 2.39. The second kappa shape index (κ2) is 11.2. The highest BCUT2D eigenvalue weighted by Gasteiger charge is 2.34. The van der Waals surface area contributed by atoms with Crippen molar-refractivity contribution in [1.29, 1.82) is 0 Å². The molecule has 0 fully saturated rings. The zero-order chi connectivity index (χ0) is 27.5. The number of ether oxygens (including phenoxy) is 2. The van der Waals surface area contributed by atoms with Crippen LogP contribution in [-0.2, 0) is 11.4 Å². The molecule has 1 aliphatic rings. The van der Waals surface area contributed by atoms with Crippen molar-refractivity contribution in [2.45, 2.75) is 40.3 Å². The van der Waals surface area contributed by atoms with Crippen molar-refractivity contribution in [1.82, 2.24) is 14.8 Å². The molecule has 39 heavy (non-hydrogen) atoms. The van der Waals surface area contributed by atoms with Crippen molar-refractivity contribution in [2.75, 3.05) is 17.2 Å². The van der Waals surface area contributed by atoms with Crippen LogP contribution in [0, 0.1) is 13.8 Å². The number of fused-ring (bicyclic) bond motifs is 1. The molecule has 0 unspecified atom stereocenters. The Morgan fingerprint density at radius 3 is 2.56 bits per heavy atom. The quantitative estimate of drug-likeness (QED) is 0.265. The van der Waals surface area contributed by atoms with Crippen LogP contribution in [0.4, 0.5) is 11.6 Å². The van der Waals surface area contributed by atoms with Crippen LogP contribution in [0.3, 0.4) is 0 Å². The molecule has 1 aliphatic heterocycles. The van der Waals surface area contributed by atoms with Gasteiger partial charge in [-0.2, -0.15) is 10.1 Å². The third kappa shape index (κ3) is 5.61. The predicted octanol–water partition coefficient (Wildman–Crippen LogP) is 6.45. The van der Waals surface area contributed by atoms with Gasteiger partial charge >= 0.3 is 0 Å². The maximum absolute atomic E-state index is 13.8. The van der Waals surface area contributed by atoms with E-state index in [1.807, 2.05) is 88.4 Å². The Morgan fingerprint density at radius 2 is 1.82 bits per heavy atom. The van der Waals surface area contributed by atoms with E-state index in [1.165, 1.54) is 6.33 Å². The summed E-state index contributed by atoms with van der Waals surface area (Å²) in [5.74, 6) is 1.52. The van der Waals surface area contributed by atoms with Gasteiger partial charge in [0.2, 0.25) is 5.95 Å². The van der Waals surface area contributed by atoms with Crippen LogP contribution in [0.25, 0.3) is 0 Å². The number of anilines is 2. The predicted molar refractivity (Wildman–Crippen MR) is 152 cm³/mol. The van der Waals surface area contributed by atoms with Gasteiger partial charge in [-0.05, 0) is 74.7 Å². The molecule has 8 nitrogen and oxygen atoms in total. The largest absolute Gasteiger partial charge is 0.490 e. The lowest BCUT2D eigenvalue weighted by Gasteiger charge is -2.29. The molecule has 2 N–H and O–H groups in total. The molecule has 5 rings (SSSR count). The van der Waals surface area contributed by atoms with E-state index in [2.05, 4.69) is 20.7 Å². The van der Waals surface area contributed by atoms with Crippen LogP contribution in [0.5, 0.6) is 11.5 Å². The molecule has 0 spiro atoms. The molecule has 1 amide bonds. The minimum atomic E-state index is -0.529. The van der Waals surface area contributed by atoms with Crippen molar-refractivity contribution in [3.63, 3.8) is 0 Å². The van der Waals surface area contributed by atoms with Gasteiger partial charge in [0.15, 0.2) is 11.5 Å². The van der Waals surface area contributed by atoms with Crippen LogP contribution in [0.1, 0.15) is 42.1 Å². The first-order valence-corrected chi connectivity index (χ1v) is 13.1. The molecule has 200 valence electrons. The highest BCUT2D eigenvalue weighted by atomic mass is 35.5. The smallest absolute Gasteiger partial charge is 0.255 e. The average Bonchev–Trinajstić information content (AvgIpc) is 3.38.